The molecular weight excluding hydrogens is 316 g/mol. The van der Waals surface area contributed by atoms with Crippen LogP contribution < -0.4 is 9.46 Å². The summed E-state index contributed by atoms with van der Waals surface area (Å²) in [6.07, 6.45) is 3.27. The molecule has 0 amide bonds. The molecule has 1 aromatic carbocycles. The van der Waals surface area contributed by atoms with Crippen LogP contribution in [-0.4, -0.2) is 30.9 Å². The number of para-hydroxylation sites is 1. The normalized spacial score (nSPS) is 13.3. The van der Waals surface area contributed by atoms with Crippen LogP contribution in [-0.2, 0) is 16.6 Å². The summed E-state index contributed by atoms with van der Waals surface area (Å²) < 4.78 is 57.5. The van der Waals surface area contributed by atoms with Crippen LogP contribution in [0.15, 0.2) is 47.6 Å². The van der Waals surface area contributed by atoms with E-state index in [-0.39, 0.29) is 4.90 Å². The number of alkyl halides is 2. The molecule has 22 heavy (non-hydrogen) atoms. The van der Waals surface area contributed by atoms with Gasteiger partial charge in [-0.05, 0) is 25.1 Å². The van der Waals surface area contributed by atoms with Crippen LogP contribution in [0.1, 0.15) is 6.92 Å². The van der Waals surface area contributed by atoms with Gasteiger partial charge in [-0.25, -0.2) is 13.1 Å². The van der Waals surface area contributed by atoms with Gasteiger partial charge < -0.3 is 4.74 Å². The van der Waals surface area contributed by atoms with Crippen LogP contribution in [0.2, 0.25) is 0 Å². The largest absolute Gasteiger partial charge is 0.433 e. The van der Waals surface area contributed by atoms with Gasteiger partial charge in [0.15, 0.2) is 0 Å². The maximum Gasteiger partial charge on any atom is 0.387 e. The Morgan fingerprint density at radius 3 is 2.68 bits per heavy atom. The van der Waals surface area contributed by atoms with Gasteiger partial charge in [-0.2, -0.15) is 13.9 Å². The van der Waals surface area contributed by atoms with E-state index in [1.165, 1.54) is 24.3 Å². The molecule has 0 saturated carbocycles. The smallest absolute Gasteiger partial charge is 0.387 e. The summed E-state index contributed by atoms with van der Waals surface area (Å²) in [5.41, 5.74) is 0. The molecule has 0 aliphatic carbocycles. The number of sulfonamides is 1. The average molecular weight is 331 g/mol. The molecule has 6 nitrogen and oxygen atoms in total. The Morgan fingerprint density at radius 1 is 1.32 bits per heavy atom. The lowest BCUT2D eigenvalue weighted by atomic mass is 10.3. The third kappa shape index (κ3) is 4.25. The van der Waals surface area contributed by atoms with Crippen molar-refractivity contribution in [2.24, 2.45) is 0 Å². The average Bonchev–Trinajstić information content (AvgIpc) is 2.90. The number of nitrogens with zero attached hydrogens (tertiary/aromatic N) is 2. The van der Waals surface area contributed by atoms with Crippen molar-refractivity contribution in [2.75, 3.05) is 0 Å². The van der Waals surface area contributed by atoms with Crippen molar-refractivity contribution in [1.29, 1.82) is 0 Å². The monoisotopic (exact) mass is 331 g/mol. The van der Waals surface area contributed by atoms with Crippen molar-refractivity contribution in [2.45, 2.75) is 31.0 Å². The van der Waals surface area contributed by atoms with Gasteiger partial charge in [0.1, 0.15) is 10.6 Å². The van der Waals surface area contributed by atoms with Crippen LogP contribution >= 0.6 is 0 Å². The van der Waals surface area contributed by atoms with Crippen molar-refractivity contribution in [1.82, 2.24) is 14.5 Å². The van der Waals surface area contributed by atoms with Gasteiger partial charge in [-0.15, -0.1) is 0 Å². The summed E-state index contributed by atoms with van der Waals surface area (Å²) in [5, 5.41) is 3.97. The van der Waals surface area contributed by atoms with Gasteiger partial charge >= 0.3 is 6.61 Å². The number of aromatic nitrogens is 2. The predicted octanol–water partition coefficient (Wildman–Crippen LogP) is 1.85. The van der Waals surface area contributed by atoms with E-state index >= 15 is 0 Å². The Kier molecular flexibility index (Phi) is 5.09. The molecule has 0 spiro atoms. The number of nitrogens with one attached hydrogen (secondary N) is 1. The molecule has 0 fully saturated rings. The van der Waals surface area contributed by atoms with Crippen LogP contribution in [0.4, 0.5) is 8.78 Å². The minimum atomic E-state index is -3.99. The fourth-order valence-electron chi connectivity index (χ4n) is 1.92. The third-order valence-corrected chi connectivity index (χ3v) is 4.36. The molecule has 2 rings (SSSR count). The summed E-state index contributed by atoms with van der Waals surface area (Å²) in [7, 11) is -3.99. The maximum absolute atomic E-state index is 12.4. The molecule has 1 N–H and O–H groups in total. The lowest BCUT2D eigenvalue weighted by Crippen LogP contribution is -2.36. The first-order valence-electron chi connectivity index (χ1n) is 6.42. The Bertz CT molecular complexity index is 705. The van der Waals surface area contributed by atoms with Crippen molar-refractivity contribution < 1.29 is 21.9 Å². The topological polar surface area (TPSA) is 73.2 Å². The Balaban J connectivity index is 2.16. The molecule has 120 valence electrons. The van der Waals surface area contributed by atoms with Crippen molar-refractivity contribution in [3.63, 3.8) is 0 Å². The van der Waals surface area contributed by atoms with E-state index in [2.05, 4.69) is 14.6 Å². The number of hydrogen-bond acceptors (Lipinski definition) is 4. The maximum atomic E-state index is 12.4. The second-order valence-corrected chi connectivity index (χ2v) is 6.26. The summed E-state index contributed by atoms with van der Waals surface area (Å²) >= 11 is 0. The van der Waals surface area contributed by atoms with E-state index in [0.29, 0.717) is 6.54 Å². The number of halogens is 2. The van der Waals surface area contributed by atoms with Crippen LogP contribution in [0.3, 0.4) is 0 Å². The predicted molar refractivity (Wildman–Crippen MR) is 75.1 cm³/mol. The van der Waals surface area contributed by atoms with Crippen molar-refractivity contribution in [3.05, 3.63) is 42.7 Å². The second kappa shape index (κ2) is 6.84. The molecule has 0 aliphatic heterocycles. The van der Waals surface area contributed by atoms with Crippen LogP contribution in [0.5, 0.6) is 5.75 Å². The van der Waals surface area contributed by atoms with E-state index < -0.39 is 28.4 Å². The zero-order chi connectivity index (χ0) is 16.2. The summed E-state index contributed by atoms with van der Waals surface area (Å²) in [6.45, 7) is -1.14. The highest BCUT2D eigenvalue weighted by atomic mass is 32.2. The molecule has 2 aromatic rings. The SMILES string of the molecule is C[C@@H](Cn1cccn1)NS(=O)(=O)c1ccccc1OC(F)F. The minimum Gasteiger partial charge on any atom is -0.433 e. The van der Waals surface area contributed by atoms with E-state index in [1.54, 1.807) is 30.1 Å². The Morgan fingerprint density at radius 2 is 2.05 bits per heavy atom. The van der Waals surface area contributed by atoms with E-state index in [9.17, 15) is 17.2 Å². The molecule has 0 radical (unpaired) electrons. The van der Waals surface area contributed by atoms with Gasteiger partial charge in [-0.1, -0.05) is 12.1 Å². The lowest BCUT2D eigenvalue weighted by Gasteiger charge is -2.16. The first-order chi connectivity index (χ1) is 10.4. The Labute approximate surface area is 126 Å². The third-order valence-electron chi connectivity index (χ3n) is 2.73. The minimum absolute atomic E-state index is 0.310. The van der Waals surface area contributed by atoms with Gasteiger partial charge in [0.25, 0.3) is 0 Å². The van der Waals surface area contributed by atoms with E-state index in [0.717, 1.165) is 0 Å². The molecule has 1 atom stereocenters. The van der Waals surface area contributed by atoms with Crippen molar-refractivity contribution >= 4 is 10.0 Å². The number of ether oxygens (including phenoxy) is 1. The van der Waals surface area contributed by atoms with Gasteiger partial charge in [0.05, 0.1) is 6.54 Å². The molecular formula is C13H15F2N3O3S. The van der Waals surface area contributed by atoms with Crippen LogP contribution in [0.25, 0.3) is 0 Å². The first-order valence-corrected chi connectivity index (χ1v) is 7.90. The number of rotatable bonds is 7. The fourth-order valence-corrected chi connectivity index (χ4v) is 3.29. The zero-order valence-corrected chi connectivity index (χ0v) is 12.5. The second-order valence-electron chi connectivity index (χ2n) is 4.58. The first kappa shape index (κ1) is 16.4. The quantitative estimate of drug-likeness (QED) is 0.840. The highest BCUT2D eigenvalue weighted by molar-refractivity contribution is 7.89. The molecule has 0 bridgehead atoms. The van der Waals surface area contributed by atoms with Gasteiger partial charge in [-0.3, -0.25) is 4.68 Å². The van der Waals surface area contributed by atoms with Crippen molar-refractivity contribution in [3.8, 4) is 5.75 Å². The molecule has 0 aliphatic rings. The summed E-state index contributed by atoms with van der Waals surface area (Å²) in [5.74, 6) is -0.392. The zero-order valence-electron chi connectivity index (χ0n) is 11.7. The van der Waals surface area contributed by atoms with Crippen LogP contribution in [0, 0.1) is 0 Å². The number of hydrogen-bond donors (Lipinski definition) is 1. The number of benzene rings is 1. The molecule has 0 saturated heterocycles. The molecule has 0 unspecified atom stereocenters. The highest BCUT2D eigenvalue weighted by Crippen LogP contribution is 2.25. The molecule has 9 heteroatoms. The van der Waals surface area contributed by atoms with Gasteiger partial charge in [0.2, 0.25) is 10.0 Å². The van der Waals surface area contributed by atoms with Gasteiger partial charge in [0, 0.05) is 18.4 Å². The fraction of sp³-hybridized carbons (Fsp3) is 0.308. The summed E-state index contributed by atoms with van der Waals surface area (Å²) in [4.78, 5) is -0.331. The molecule has 1 aromatic heterocycles. The Hall–Kier alpha value is -2.00. The summed E-state index contributed by atoms with van der Waals surface area (Å²) in [6, 6.07) is 6.48. The van der Waals surface area contributed by atoms with E-state index in [1.807, 2.05) is 0 Å². The van der Waals surface area contributed by atoms with E-state index in [4.69, 9.17) is 0 Å². The highest BCUT2D eigenvalue weighted by Gasteiger charge is 2.23. The standard InChI is InChI=1S/C13H15F2N3O3S/c1-10(9-18-8-4-7-16-18)17-22(19,20)12-6-3-2-5-11(12)21-13(14)15/h2-8,10,13,17H,9H2,1H3/t10-/m0/s1. The molecule has 1 heterocycles. The lowest BCUT2D eigenvalue weighted by molar-refractivity contribution is -0.0517.